The third kappa shape index (κ3) is 3.61. The van der Waals surface area contributed by atoms with Crippen LogP contribution in [0.15, 0.2) is 30.6 Å². The number of nitrogens with zero attached hydrogens (tertiary/aromatic N) is 3. The molecule has 0 aliphatic carbocycles. The number of methoxy groups -OCH3 is 1. The summed E-state index contributed by atoms with van der Waals surface area (Å²) < 4.78 is 11.3. The Kier molecular flexibility index (Phi) is 5.26. The van der Waals surface area contributed by atoms with E-state index in [1.54, 1.807) is 13.3 Å². The predicted molar refractivity (Wildman–Crippen MR) is 115 cm³/mol. The highest BCUT2D eigenvalue weighted by molar-refractivity contribution is 7.14. The molecule has 0 unspecified atom stereocenters. The molecule has 1 fully saturated rings. The maximum Gasteiger partial charge on any atom is 0.282 e. The van der Waals surface area contributed by atoms with Gasteiger partial charge in [0, 0.05) is 48.8 Å². The van der Waals surface area contributed by atoms with Crippen LogP contribution in [0, 0.1) is 5.92 Å². The fourth-order valence-electron chi connectivity index (χ4n) is 4.26. The average molecular weight is 425 g/mol. The Morgan fingerprint density at radius 1 is 1.40 bits per heavy atom. The molecule has 8 heteroatoms. The number of nitrogens with one attached hydrogen (secondary N) is 1. The Bertz CT molecular complexity index is 1040. The number of amides is 1. The largest absolute Gasteiger partial charge is 0.492 e. The number of thiazole rings is 1. The van der Waals surface area contributed by atoms with E-state index in [0.29, 0.717) is 24.1 Å². The Morgan fingerprint density at radius 2 is 2.33 bits per heavy atom. The lowest BCUT2D eigenvalue weighted by molar-refractivity contribution is 0.0570. The van der Waals surface area contributed by atoms with E-state index in [-0.39, 0.29) is 5.91 Å². The lowest BCUT2D eigenvalue weighted by Crippen LogP contribution is -2.41. The minimum atomic E-state index is 0.0337. The average Bonchev–Trinajstić information content (AvgIpc) is 3.41. The highest BCUT2D eigenvalue weighted by Crippen LogP contribution is 2.40. The first-order valence-corrected chi connectivity index (χ1v) is 11.1. The number of aromatic amines is 1. The van der Waals surface area contributed by atoms with E-state index >= 15 is 0 Å². The fourth-order valence-corrected chi connectivity index (χ4v) is 5.28. The number of piperidine rings is 1. The summed E-state index contributed by atoms with van der Waals surface area (Å²) in [6, 6.07) is 6.10. The molecule has 30 heavy (non-hydrogen) atoms. The Balaban J connectivity index is 1.43. The van der Waals surface area contributed by atoms with Crippen LogP contribution in [0.3, 0.4) is 0 Å². The number of carbonyl (C=O) groups is 1. The molecule has 1 N–H and O–H groups in total. The number of rotatable bonds is 4. The van der Waals surface area contributed by atoms with Gasteiger partial charge in [0.1, 0.15) is 5.75 Å². The first-order valence-electron chi connectivity index (χ1n) is 10.3. The molecule has 1 amide bonds. The predicted octanol–water partition coefficient (Wildman–Crippen LogP) is 3.63. The standard InChI is InChI=1S/C22H24N4O3S/c1-28-13-14-3-2-7-26(12-14)22(27)21-25-20-17-5-4-15(16-10-23-24-11-16)9-18(17)29-8-6-19(20)30-21/h4-5,9-11,14H,2-3,6-8,12-13H2,1H3,(H,23,24)/t14-/m1/s1. The third-order valence-corrected chi connectivity index (χ3v) is 6.85. The van der Waals surface area contributed by atoms with E-state index in [0.717, 1.165) is 65.4 Å². The summed E-state index contributed by atoms with van der Waals surface area (Å²) in [6.45, 7) is 2.80. The van der Waals surface area contributed by atoms with Crippen LogP contribution in [0.5, 0.6) is 5.75 Å². The molecule has 0 spiro atoms. The number of fused-ring (bicyclic) bond motifs is 3. The summed E-state index contributed by atoms with van der Waals surface area (Å²) in [5.41, 5.74) is 3.87. The van der Waals surface area contributed by atoms with Gasteiger partial charge in [0.05, 0.1) is 25.1 Å². The van der Waals surface area contributed by atoms with Crippen molar-refractivity contribution in [3.63, 3.8) is 0 Å². The number of likely N-dealkylation sites (tertiary alicyclic amines) is 1. The van der Waals surface area contributed by atoms with Crippen molar-refractivity contribution in [1.29, 1.82) is 0 Å². The van der Waals surface area contributed by atoms with E-state index < -0.39 is 0 Å². The van der Waals surface area contributed by atoms with Crippen molar-refractivity contribution in [2.45, 2.75) is 19.3 Å². The first-order chi connectivity index (χ1) is 14.7. The van der Waals surface area contributed by atoms with Gasteiger partial charge in [0.25, 0.3) is 5.91 Å². The lowest BCUT2D eigenvalue weighted by Gasteiger charge is -2.31. The number of aromatic nitrogens is 3. The Hall–Kier alpha value is -2.71. The van der Waals surface area contributed by atoms with Crippen molar-refractivity contribution in [3.05, 3.63) is 40.5 Å². The van der Waals surface area contributed by atoms with Gasteiger partial charge in [0.15, 0.2) is 5.01 Å². The summed E-state index contributed by atoms with van der Waals surface area (Å²) in [4.78, 5) is 21.0. The zero-order valence-corrected chi connectivity index (χ0v) is 17.7. The monoisotopic (exact) mass is 424 g/mol. The fraction of sp³-hybridized carbons (Fsp3) is 0.409. The van der Waals surface area contributed by atoms with Crippen molar-refractivity contribution in [2.24, 2.45) is 5.92 Å². The van der Waals surface area contributed by atoms with Crippen LogP contribution in [-0.4, -0.2) is 59.4 Å². The van der Waals surface area contributed by atoms with Crippen LogP contribution in [0.25, 0.3) is 22.4 Å². The van der Waals surface area contributed by atoms with Gasteiger partial charge >= 0.3 is 0 Å². The van der Waals surface area contributed by atoms with Crippen molar-refractivity contribution in [2.75, 3.05) is 33.4 Å². The second-order valence-corrected chi connectivity index (χ2v) is 8.89. The molecule has 3 aromatic rings. The molecule has 1 saturated heterocycles. The lowest BCUT2D eigenvalue weighted by atomic mass is 9.99. The highest BCUT2D eigenvalue weighted by Gasteiger charge is 2.29. The van der Waals surface area contributed by atoms with E-state index in [1.807, 2.05) is 29.3 Å². The quantitative estimate of drug-likeness (QED) is 0.692. The van der Waals surface area contributed by atoms with Gasteiger partial charge in [-0.1, -0.05) is 6.07 Å². The zero-order chi connectivity index (χ0) is 20.5. The molecule has 7 nitrogen and oxygen atoms in total. The van der Waals surface area contributed by atoms with Crippen molar-refractivity contribution >= 4 is 17.2 Å². The Morgan fingerprint density at radius 3 is 3.17 bits per heavy atom. The van der Waals surface area contributed by atoms with Crippen LogP contribution in [0.2, 0.25) is 0 Å². The molecule has 0 radical (unpaired) electrons. The molecule has 0 saturated carbocycles. The molecular weight excluding hydrogens is 400 g/mol. The van der Waals surface area contributed by atoms with E-state index in [1.165, 1.54) is 11.3 Å². The van der Waals surface area contributed by atoms with Crippen molar-refractivity contribution < 1.29 is 14.3 Å². The van der Waals surface area contributed by atoms with Crippen molar-refractivity contribution in [3.8, 4) is 28.1 Å². The molecule has 2 aromatic heterocycles. The summed E-state index contributed by atoms with van der Waals surface area (Å²) in [6.07, 6.45) is 6.52. The number of hydrogen-bond acceptors (Lipinski definition) is 6. The minimum absolute atomic E-state index is 0.0337. The summed E-state index contributed by atoms with van der Waals surface area (Å²) in [5, 5.41) is 7.44. The van der Waals surface area contributed by atoms with Gasteiger partial charge < -0.3 is 14.4 Å². The number of benzene rings is 1. The van der Waals surface area contributed by atoms with Gasteiger partial charge in [0.2, 0.25) is 0 Å². The first kappa shape index (κ1) is 19.3. The van der Waals surface area contributed by atoms with Crippen LogP contribution in [0.4, 0.5) is 0 Å². The number of hydrogen-bond donors (Lipinski definition) is 1. The minimum Gasteiger partial charge on any atom is -0.492 e. The zero-order valence-electron chi connectivity index (χ0n) is 16.9. The van der Waals surface area contributed by atoms with E-state index in [9.17, 15) is 4.79 Å². The highest BCUT2D eigenvalue weighted by atomic mass is 32.1. The molecule has 2 aliphatic heterocycles. The molecule has 1 atom stereocenters. The molecule has 156 valence electrons. The van der Waals surface area contributed by atoms with Crippen LogP contribution >= 0.6 is 11.3 Å². The summed E-state index contributed by atoms with van der Waals surface area (Å²) in [5.74, 6) is 1.24. The number of H-pyrrole nitrogens is 1. The SMILES string of the molecule is COC[C@@H]1CCCN(C(=O)c2nc3c(s2)CCOc2cc(-c4cn[nH]c4)ccc2-3)C1. The molecule has 1 aromatic carbocycles. The van der Waals surface area contributed by atoms with E-state index in [2.05, 4.69) is 10.2 Å². The summed E-state index contributed by atoms with van der Waals surface area (Å²) in [7, 11) is 1.72. The van der Waals surface area contributed by atoms with Crippen molar-refractivity contribution in [1.82, 2.24) is 20.1 Å². The third-order valence-electron chi connectivity index (χ3n) is 5.74. The van der Waals surface area contributed by atoms with Crippen LogP contribution in [0.1, 0.15) is 27.5 Å². The number of ether oxygens (including phenoxy) is 2. The maximum atomic E-state index is 13.2. The maximum absolute atomic E-state index is 13.2. The normalized spacial score (nSPS) is 18.3. The van der Waals surface area contributed by atoms with Gasteiger partial charge in [-0.2, -0.15) is 5.10 Å². The van der Waals surface area contributed by atoms with Crippen LogP contribution < -0.4 is 4.74 Å². The molecule has 5 rings (SSSR count). The molecular formula is C22H24N4O3S. The molecule has 0 bridgehead atoms. The van der Waals surface area contributed by atoms with Gasteiger partial charge in [-0.25, -0.2) is 4.98 Å². The molecule has 4 heterocycles. The second kappa shape index (κ2) is 8.20. The number of carbonyl (C=O) groups excluding carboxylic acids is 1. The van der Waals surface area contributed by atoms with Gasteiger partial charge in [-0.15, -0.1) is 11.3 Å². The smallest absolute Gasteiger partial charge is 0.282 e. The summed E-state index contributed by atoms with van der Waals surface area (Å²) >= 11 is 1.50. The topological polar surface area (TPSA) is 80.3 Å². The van der Waals surface area contributed by atoms with Gasteiger partial charge in [-0.3, -0.25) is 9.89 Å². The van der Waals surface area contributed by atoms with Gasteiger partial charge in [-0.05, 0) is 36.5 Å². The second-order valence-electron chi connectivity index (χ2n) is 7.80. The Labute approximate surface area is 179 Å². The van der Waals surface area contributed by atoms with E-state index in [4.69, 9.17) is 14.5 Å². The molecule has 2 aliphatic rings. The van der Waals surface area contributed by atoms with Crippen LogP contribution in [-0.2, 0) is 11.2 Å².